The summed E-state index contributed by atoms with van der Waals surface area (Å²) >= 11 is 1.46. The predicted molar refractivity (Wildman–Crippen MR) is 149 cm³/mol. The van der Waals surface area contributed by atoms with Gasteiger partial charge in [0.05, 0.1) is 10.2 Å². The largest absolute Gasteiger partial charge is 0.486 e. The Bertz CT molecular complexity index is 1650. The van der Waals surface area contributed by atoms with Crippen LogP contribution in [0.1, 0.15) is 28.6 Å². The van der Waals surface area contributed by atoms with Gasteiger partial charge in [-0.15, -0.1) is 11.3 Å². The summed E-state index contributed by atoms with van der Waals surface area (Å²) in [6, 6.07) is 19.2. The van der Waals surface area contributed by atoms with E-state index >= 15 is 0 Å². The predicted octanol–water partition coefficient (Wildman–Crippen LogP) is 6.72. The molecule has 0 radical (unpaired) electrons. The molecule has 196 valence electrons. The number of aliphatic carboxylic acids is 2. The minimum Gasteiger partial charge on any atom is -0.486 e. The van der Waals surface area contributed by atoms with Crippen LogP contribution in [0.3, 0.4) is 0 Å². The topological polar surface area (TPSA) is 96.7 Å². The zero-order valence-corrected chi connectivity index (χ0v) is 21.7. The number of halogens is 1. The fraction of sp³-hybridized carbons (Fsp3) is 0.129. The highest BCUT2D eigenvalue weighted by atomic mass is 32.1. The summed E-state index contributed by atoms with van der Waals surface area (Å²) < 4.78 is 20.2. The first-order valence-electron chi connectivity index (χ1n) is 12.2. The van der Waals surface area contributed by atoms with Crippen molar-refractivity contribution in [2.75, 3.05) is 0 Å². The Morgan fingerprint density at radius 2 is 1.82 bits per heavy atom. The maximum atomic E-state index is 13.4. The van der Waals surface area contributed by atoms with E-state index in [2.05, 4.69) is 4.98 Å². The van der Waals surface area contributed by atoms with Crippen LogP contribution in [0.4, 0.5) is 4.39 Å². The van der Waals surface area contributed by atoms with Gasteiger partial charge in [0.1, 0.15) is 28.6 Å². The minimum absolute atomic E-state index is 0.0583. The number of fused-ring (bicyclic) bond motifs is 1. The number of allylic oxidation sites excluding steroid dienone is 2. The molecule has 0 bridgehead atoms. The van der Waals surface area contributed by atoms with E-state index in [1.807, 2.05) is 48.6 Å². The van der Waals surface area contributed by atoms with Crippen molar-refractivity contribution in [2.24, 2.45) is 5.92 Å². The molecule has 2 atom stereocenters. The molecule has 5 rings (SSSR count). The fourth-order valence-electron chi connectivity index (χ4n) is 4.75. The normalized spacial score (nSPS) is 18.8. The van der Waals surface area contributed by atoms with Gasteiger partial charge < -0.3 is 14.9 Å². The molecule has 0 fully saturated rings. The average Bonchev–Trinajstić information content (AvgIpc) is 3.33. The van der Waals surface area contributed by atoms with Crippen molar-refractivity contribution in [1.29, 1.82) is 0 Å². The van der Waals surface area contributed by atoms with E-state index in [1.54, 1.807) is 31.2 Å². The Kier molecular flexibility index (Phi) is 7.13. The lowest BCUT2D eigenvalue weighted by molar-refractivity contribution is -0.143. The molecule has 4 aromatic rings. The number of carboxylic acids is 2. The second kappa shape index (κ2) is 10.7. The molecule has 8 heteroatoms. The summed E-state index contributed by atoms with van der Waals surface area (Å²) in [6.45, 7) is 1.89. The van der Waals surface area contributed by atoms with Crippen molar-refractivity contribution < 1.29 is 28.9 Å². The van der Waals surface area contributed by atoms with Gasteiger partial charge >= 0.3 is 11.9 Å². The molecule has 1 aliphatic rings. The first-order chi connectivity index (χ1) is 18.8. The number of rotatable bonds is 8. The van der Waals surface area contributed by atoms with Gasteiger partial charge in [0.25, 0.3) is 0 Å². The highest BCUT2D eigenvalue weighted by molar-refractivity contribution is 7.18. The van der Waals surface area contributed by atoms with Crippen LogP contribution >= 0.6 is 11.3 Å². The van der Waals surface area contributed by atoms with E-state index in [4.69, 9.17) is 4.74 Å². The molecular weight excluding hydrogens is 517 g/mol. The third kappa shape index (κ3) is 5.24. The van der Waals surface area contributed by atoms with Gasteiger partial charge in [-0.3, -0.25) is 4.79 Å². The number of benzene rings is 3. The lowest BCUT2D eigenvalue weighted by atomic mass is 9.66. The minimum atomic E-state index is -1.46. The van der Waals surface area contributed by atoms with Gasteiger partial charge in [-0.05, 0) is 41.0 Å². The molecule has 3 aromatic carbocycles. The molecular formula is C31H24FNO5S. The Balaban J connectivity index is 1.29. The summed E-state index contributed by atoms with van der Waals surface area (Å²) in [6.07, 6.45) is 8.32. The lowest BCUT2D eigenvalue weighted by Gasteiger charge is -2.35. The molecule has 2 N–H and O–H groups in total. The number of thiazole rings is 1. The van der Waals surface area contributed by atoms with Crippen LogP contribution in [0.2, 0.25) is 0 Å². The first kappa shape index (κ1) is 26.1. The monoisotopic (exact) mass is 541 g/mol. The van der Waals surface area contributed by atoms with E-state index in [9.17, 15) is 24.2 Å². The zero-order chi connectivity index (χ0) is 27.6. The summed E-state index contributed by atoms with van der Waals surface area (Å²) in [5, 5.41) is 20.4. The molecule has 1 aromatic heterocycles. The molecule has 0 saturated heterocycles. The molecule has 0 aliphatic heterocycles. The van der Waals surface area contributed by atoms with Crippen molar-refractivity contribution in [1.82, 2.24) is 4.98 Å². The number of nitrogens with zero attached hydrogens (tertiary/aromatic N) is 1. The first-order valence-corrected chi connectivity index (χ1v) is 13.0. The molecule has 1 aliphatic carbocycles. The highest BCUT2D eigenvalue weighted by Gasteiger charge is 2.47. The van der Waals surface area contributed by atoms with Gasteiger partial charge in [0, 0.05) is 17.6 Å². The van der Waals surface area contributed by atoms with Crippen LogP contribution in [0.5, 0.6) is 5.75 Å². The van der Waals surface area contributed by atoms with Gasteiger partial charge in [0.2, 0.25) is 0 Å². The average molecular weight is 542 g/mol. The zero-order valence-electron chi connectivity index (χ0n) is 20.9. The van der Waals surface area contributed by atoms with Crippen molar-refractivity contribution in [2.45, 2.75) is 18.9 Å². The third-order valence-electron chi connectivity index (χ3n) is 6.86. The number of hydrogen-bond donors (Lipinski definition) is 2. The Hall–Kier alpha value is -4.56. The SMILES string of the molecule is CC1C(C(=O)O)=CC=CC1(C(=O)O)c1ccc(C=Cc2cccc(OCc3nc4cc(F)ccc4s3)c2)cc1. The smallest absolute Gasteiger partial charge is 0.331 e. The molecule has 39 heavy (non-hydrogen) atoms. The second-order valence-electron chi connectivity index (χ2n) is 9.22. The number of aromatic nitrogens is 1. The van der Waals surface area contributed by atoms with Crippen LogP contribution in [0.15, 0.2) is 90.5 Å². The number of carboxylic acid groups (broad SMARTS) is 2. The number of hydrogen-bond acceptors (Lipinski definition) is 5. The van der Waals surface area contributed by atoms with Gasteiger partial charge in [-0.25, -0.2) is 14.2 Å². The van der Waals surface area contributed by atoms with Crippen LogP contribution in [0, 0.1) is 11.7 Å². The highest BCUT2D eigenvalue weighted by Crippen LogP contribution is 2.41. The Labute approximate surface area is 228 Å². The molecule has 0 spiro atoms. The standard InChI is InChI=1S/C31H24FNO5S/c1-19-25(29(34)35)6-3-15-31(19,30(36)37)22-11-9-20(10-12-22)7-8-21-4-2-5-24(16-21)38-18-28-33-26-17-23(32)13-14-27(26)39-28/h2-17,19H,18H2,1H3,(H,34,35)(H,36,37). The van der Waals surface area contributed by atoms with Gasteiger partial charge in [-0.2, -0.15) is 0 Å². The van der Waals surface area contributed by atoms with Crippen molar-refractivity contribution in [3.05, 3.63) is 118 Å². The van der Waals surface area contributed by atoms with Crippen molar-refractivity contribution in [3.8, 4) is 5.75 Å². The summed E-state index contributed by atoms with van der Waals surface area (Å²) in [5.41, 5.74) is 1.48. The van der Waals surface area contributed by atoms with E-state index in [-0.39, 0.29) is 18.0 Å². The molecule has 0 amide bonds. The molecule has 6 nitrogen and oxygen atoms in total. The van der Waals surface area contributed by atoms with Crippen molar-refractivity contribution in [3.63, 3.8) is 0 Å². The van der Waals surface area contributed by atoms with Crippen LogP contribution in [-0.2, 0) is 21.6 Å². The molecule has 1 heterocycles. The summed E-state index contributed by atoms with van der Waals surface area (Å²) in [7, 11) is 0. The fourth-order valence-corrected chi connectivity index (χ4v) is 5.61. The lowest BCUT2D eigenvalue weighted by Crippen LogP contribution is -2.43. The van der Waals surface area contributed by atoms with E-state index in [0.717, 1.165) is 20.8 Å². The van der Waals surface area contributed by atoms with Crippen molar-refractivity contribution >= 4 is 45.6 Å². The molecule has 2 unspecified atom stereocenters. The quantitative estimate of drug-likeness (QED) is 0.240. The Morgan fingerprint density at radius 1 is 1.05 bits per heavy atom. The van der Waals surface area contributed by atoms with E-state index in [1.165, 1.54) is 35.6 Å². The van der Waals surface area contributed by atoms with Crippen LogP contribution in [-0.4, -0.2) is 27.1 Å². The van der Waals surface area contributed by atoms with Crippen LogP contribution in [0.25, 0.3) is 22.4 Å². The summed E-state index contributed by atoms with van der Waals surface area (Å²) in [5.74, 6) is -2.62. The molecule has 0 saturated carbocycles. The third-order valence-corrected chi connectivity index (χ3v) is 7.87. The van der Waals surface area contributed by atoms with Crippen LogP contribution < -0.4 is 4.74 Å². The summed E-state index contributed by atoms with van der Waals surface area (Å²) in [4.78, 5) is 28.4. The number of ether oxygens (including phenoxy) is 1. The van der Waals surface area contributed by atoms with E-state index < -0.39 is 23.3 Å². The van der Waals surface area contributed by atoms with Gasteiger partial charge in [-0.1, -0.05) is 73.7 Å². The Morgan fingerprint density at radius 3 is 2.56 bits per heavy atom. The van der Waals surface area contributed by atoms with Gasteiger partial charge in [0.15, 0.2) is 0 Å². The second-order valence-corrected chi connectivity index (χ2v) is 10.3. The maximum Gasteiger partial charge on any atom is 0.331 e. The number of carbonyl (C=O) groups is 2. The van der Waals surface area contributed by atoms with E-state index in [0.29, 0.717) is 16.8 Å². The maximum absolute atomic E-state index is 13.4.